The van der Waals surface area contributed by atoms with Crippen LogP contribution < -0.4 is 0 Å². The lowest BCUT2D eigenvalue weighted by Gasteiger charge is -2.03. The molecule has 1 saturated heterocycles. The summed E-state index contributed by atoms with van der Waals surface area (Å²) < 4.78 is 0. The van der Waals surface area contributed by atoms with Crippen molar-refractivity contribution in [3.8, 4) is 0 Å². The van der Waals surface area contributed by atoms with Gasteiger partial charge < -0.3 is 0 Å². The van der Waals surface area contributed by atoms with Crippen LogP contribution in [0.5, 0.6) is 0 Å². The number of rotatable bonds is 1. The van der Waals surface area contributed by atoms with Gasteiger partial charge in [-0.25, -0.2) is 0 Å². The summed E-state index contributed by atoms with van der Waals surface area (Å²) in [4.78, 5) is 22.7. The molecule has 98 valence electrons. The zero-order valence-corrected chi connectivity index (χ0v) is 11.5. The molecule has 2 amide bonds. The highest BCUT2D eigenvalue weighted by molar-refractivity contribution is 6.02. The number of hydrogen-bond acceptors (Lipinski definition) is 2. The van der Waals surface area contributed by atoms with E-state index in [0.29, 0.717) is 12.3 Å². The van der Waals surface area contributed by atoms with Gasteiger partial charge in [0.15, 0.2) is 0 Å². The zero-order chi connectivity index (χ0) is 13.7. The minimum absolute atomic E-state index is 0.0556. The van der Waals surface area contributed by atoms with Crippen LogP contribution in [0.15, 0.2) is 30.3 Å². The average Bonchev–Trinajstić information content (AvgIpc) is 2.58. The van der Waals surface area contributed by atoms with Crippen LogP contribution in [0.1, 0.15) is 38.7 Å². The van der Waals surface area contributed by atoms with Crippen molar-refractivity contribution in [2.45, 2.75) is 33.1 Å². The minimum atomic E-state index is -0.0949. The molecular weight excluding hydrogens is 226 g/mol. The zero-order valence-electron chi connectivity index (χ0n) is 11.5. The smallest absolute Gasteiger partial charge is 0.232 e. The number of amides is 2. The van der Waals surface area contributed by atoms with Gasteiger partial charge in [-0.05, 0) is 11.5 Å². The topological polar surface area (TPSA) is 37.4 Å². The SMILES string of the molecule is CC(C)c1ccccc1.CC1CC(=O)N(C)C1=O. The first-order chi connectivity index (χ1) is 8.43. The first-order valence-corrected chi connectivity index (χ1v) is 6.28. The van der Waals surface area contributed by atoms with E-state index in [4.69, 9.17) is 0 Å². The van der Waals surface area contributed by atoms with Gasteiger partial charge in [0.2, 0.25) is 11.8 Å². The molecule has 3 nitrogen and oxygen atoms in total. The number of benzene rings is 1. The Hall–Kier alpha value is -1.64. The maximum Gasteiger partial charge on any atom is 0.232 e. The van der Waals surface area contributed by atoms with E-state index < -0.39 is 0 Å². The lowest BCUT2D eigenvalue weighted by molar-refractivity contribution is -0.137. The Bertz CT molecular complexity index is 412. The summed E-state index contributed by atoms with van der Waals surface area (Å²) in [5.74, 6) is 0.446. The van der Waals surface area contributed by atoms with Crippen molar-refractivity contribution in [2.24, 2.45) is 5.92 Å². The third kappa shape index (κ3) is 3.69. The second kappa shape index (κ2) is 6.34. The molecule has 3 heteroatoms. The Morgan fingerprint density at radius 1 is 1.17 bits per heavy atom. The molecule has 0 saturated carbocycles. The third-order valence-corrected chi connectivity index (χ3v) is 3.07. The molecule has 1 atom stereocenters. The van der Waals surface area contributed by atoms with E-state index >= 15 is 0 Å². The van der Waals surface area contributed by atoms with Crippen molar-refractivity contribution in [2.75, 3.05) is 7.05 Å². The van der Waals surface area contributed by atoms with E-state index in [9.17, 15) is 9.59 Å². The Labute approximate surface area is 109 Å². The molecule has 1 fully saturated rings. The van der Waals surface area contributed by atoms with Gasteiger partial charge in [0.1, 0.15) is 0 Å². The van der Waals surface area contributed by atoms with Crippen molar-refractivity contribution in [3.63, 3.8) is 0 Å². The number of hydrogen-bond donors (Lipinski definition) is 0. The Morgan fingerprint density at radius 2 is 1.72 bits per heavy atom. The highest BCUT2D eigenvalue weighted by Crippen LogP contribution is 2.15. The minimum Gasteiger partial charge on any atom is -0.286 e. The van der Waals surface area contributed by atoms with Crippen LogP contribution in [-0.2, 0) is 9.59 Å². The maximum absolute atomic E-state index is 10.8. The second-order valence-corrected chi connectivity index (χ2v) is 4.96. The van der Waals surface area contributed by atoms with E-state index in [0.717, 1.165) is 0 Å². The van der Waals surface area contributed by atoms with Gasteiger partial charge in [0, 0.05) is 19.4 Å². The summed E-state index contributed by atoms with van der Waals surface area (Å²) in [6.45, 7) is 6.18. The van der Waals surface area contributed by atoms with Crippen LogP contribution in [0.3, 0.4) is 0 Å². The predicted octanol–water partition coefficient (Wildman–Crippen LogP) is 2.82. The predicted molar refractivity (Wildman–Crippen MR) is 72.1 cm³/mol. The lowest BCUT2D eigenvalue weighted by Crippen LogP contribution is -2.24. The molecule has 1 aromatic carbocycles. The van der Waals surface area contributed by atoms with Crippen LogP contribution in [0.4, 0.5) is 0 Å². The quantitative estimate of drug-likeness (QED) is 0.716. The van der Waals surface area contributed by atoms with Gasteiger partial charge in [-0.2, -0.15) is 0 Å². The van der Waals surface area contributed by atoms with Crippen LogP contribution in [0.25, 0.3) is 0 Å². The van der Waals surface area contributed by atoms with Gasteiger partial charge in [-0.1, -0.05) is 51.1 Å². The number of carbonyl (C=O) groups excluding carboxylic acids is 2. The first-order valence-electron chi connectivity index (χ1n) is 6.28. The van der Waals surface area contributed by atoms with Crippen molar-refractivity contribution >= 4 is 11.8 Å². The van der Waals surface area contributed by atoms with Crippen LogP contribution >= 0.6 is 0 Å². The fraction of sp³-hybridized carbons (Fsp3) is 0.467. The molecule has 1 unspecified atom stereocenters. The van der Waals surface area contributed by atoms with Gasteiger partial charge in [0.05, 0.1) is 0 Å². The summed E-state index contributed by atoms with van der Waals surface area (Å²) in [7, 11) is 1.52. The van der Waals surface area contributed by atoms with Gasteiger partial charge in [-0.15, -0.1) is 0 Å². The van der Waals surface area contributed by atoms with Crippen LogP contribution in [-0.4, -0.2) is 23.8 Å². The second-order valence-electron chi connectivity index (χ2n) is 4.96. The highest BCUT2D eigenvalue weighted by Gasteiger charge is 2.32. The van der Waals surface area contributed by atoms with E-state index in [2.05, 4.69) is 38.1 Å². The van der Waals surface area contributed by atoms with Crippen LogP contribution in [0.2, 0.25) is 0 Å². The van der Waals surface area contributed by atoms with Gasteiger partial charge in [-0.3, -0.25) is 14.5 Å². The molecule has 1 aliphatic heterocycles. The first kappa shape index (κ1) is 14.4. The molecule has 2 rings (SSSR count). The van der Waals surface area contributed by atoms with E-state index in [1.807, 2.05) is 6.07 Å². The molecule has 0 bridgehead atoms. The third-order valence-electron chi connectivity index (χ3n) is 3.07. The fourth-order valence-corrected chi connectivity index (χ4v) is 1.78. The number of likely N-dealkylation sites (tertiary alicyclic amines) is 1. The van der Waals surface area contributed by atoms with Crippen molar-refractivity contribution in [3.05, 3.63) is 35.9 Å². The Kier molecular flexibility index (Phi) is 5.08. The average molecular weight is 247 g/mol. The Morgan fingerprint density at radius 3 is 1.94 bits per heavy atom. The highest BCUT2D eigenvalue weighted by atomic mass is 16.2. The summed E-state index contributed by atoms with van der Waals surface area (Å²) in [5.41, 5.74) is 1.41. The summed E-state index contributed by atoms with van der Waals surface area (Å²) in [6.07, 6.45) is 0.384. The van der Waals surface area contributed by atoms with Gasteiger partial charge in [0.25, 0.3) is 0 Å². The largest absolute Gasteiger partial charge is 0.286 e. The molecular formula is C15H21NO2. The van der Waals surface area contributed by atoms with Crippen molar-refractivity contribution in [1.29, 1.82) is 0 Å². The maximum atomic E-state index is 10.8. The summed E-state index contributed by atoms with van der Waals surface area (Å²) in [5, 5.41) is 0. The molecule has 0 aromatic heterocycles. The number of carbonyl (C=O) groups is 2. The van der Waals surface area contributed by atoms with Crippen molar-refractivity contribution < 1.29 is 9.59 Å². The molecule has 18 heavy (non-hydrogen) atoms. The monoisotopic (exact) mass is 247 g/mol. The summed E-state index contributed by atoms with van der Waals surface area (Å²) in [6, 6.07) is 10.5. The van der Waals surface area contributed by atoms with Crippen molar-refractivity contribution in [1.82, 2.24) is 4.90 Å². The lowest BCUT2D eigenvalue weighted by atomic mass is 10.0. The summed E-state index contributed by atoms with van der Waals surface area (Å²) >= 11 is 0. The number of imide groups is 1. The molecule has 0 spiro atoms. The molecule has 1 aliphatic rings. The van der Waals surface area contributed by atoms with E-state index in [-0.39, 0.29) is 17.7 Å². The van der Waals surface area contributed by atoms with Gasteiger partial charge >= 0.3 is 0 Å². The molecule has 0 N–H and O–H groups in total. The van der Waals surface area contributed by atoms with Crippen LogP contribution in [0, 0.1) is 5.92 Å². The standard InChI is InChI=1S/C9H12.C6H9NO2/c1-8(2)9-6-4-3-5-7-9;1-4-3-5(8)7(2)6(4)9/h3-8H,1-2H3;4H,3H2,1-2H3. The number of nitrogens with zero attached hydrogens (tertiary/aromatic N) is 1. The Balaban J connectivity index is 0.000000180. The molecule has 1 aromatic rings. The fourth-order valence-electron chi connectivity index (χ4n) is 1.78. The van der Waals surface area contributed by atoms with E-state index in [1.165, 1.54) is 17.5 Å². The molecule has 1 heterocycles. The normalized spacial score (nSPS) is 18.9. The molecule has 0 radical (unpaired) electrons. The van der Waals surface area contributed by atoms with E-state index in [1.54, 1.807) is 6.92 Å². The molecule has 0 aliphatic carbocycles.